The van der Waals surface area contributed by atoms with Gasteiger partial charge in [0.25, 0.3) is 5.91 Å². The minimum absolute atomic E-state index is 0.129. The fraction of sp³-hybridized carbons (Fsp3) is 0.571. The number of carbonyl (C=O) groups is 2. The Labute approximate surface area is 122 Å². The number of halogens is 1. The third kappa shape index (κ3) is 2.20. The molecule has 0 radical (unpaired) electrons. The quantitative estimate of drug-likeness (QED) is 0.838. The van der Waals surface area contributed by atoms with Crippen LogP contribution in [0.3, 0.4) is 0 Å². The highest BCUT2D eigenvalue weighted by Gasteiger charge is 2.52. The first-order valence-corrected chi connectivity index (χ1v) is 7.20. The van der Waals surface area contributed by atoms with Crippen LogP contribution in [0.25, 0.3) is 0 Å². The van der Waals surface area contributed by atoms with Gasteiger partial charge in [0.15, 0.2) is 0 Å². The van der Waals surface area contributed by atoms with Crippen molar-refractivity contribution in [3.8, 4) is 0 Å². The van der Waals surface area contributed by atoms with E-state index in [-0.39, 0.29) is 23.8 Å². The van der Waals surface area contributed by atoms with Crippen LogP contribution in [0.2, 0.25) is 5.02 Å². The fourth-order valence-corrected chi connectivity index (χ4v) is 3.87. The van der Waals surface area contributed by atoms with Crippen molar-refractivity contribution in [3.63, 3.8) is 0 Å². The highest BCUT2D eigenvalue weighted by atomic mass is 35.5. The zero-order valence-electron chi connectivity index (χ0n) is 11.2. The molecule has 6 heteroatoms. The van der Waals surface area contributed by atoms with E-state index in [1.165, 1.54) is 7.11 Å². The van der Waals surface area contributed by atoms with Crippen LogP contribution >= 0.6 is 11.6 Å². The second-order valence-electron chi connectivity index (χ2n) is 5.61. The Morgan fingerprint density at radius 1 is 1.40 bits per heavy atom. The molecular weight excluding hydrogens is 280 g/mol. The zero-order valence-corrected chi connectivity index (χ0v) is 11.9. The topological polar surface area (TPSA) is 71.2 Å². The predicted molar refractivity (Wildman–Crippen MR) is 73.4 cm³/mol. The Bertz CT molecular complexity index is 542. The Morgan fingerprint density at radius 3 is 2.80 bits per heavy atom. The Morgan fingerprint density at radius 2 is 2.15 bits per heavy atom. The largest absolute Gasteiger partial charge is 0.469 e. The lowest BCUT2D eigenvalue weighted by atomic mass is 9.84. The van der Waals surface area contributed by atoms with Crippen LogP contribution < -0.4 is 5.32 Å². The van der Waals surface area contributed by atoms with E-state index < -0.39 is 0 Å². The number of aromatic nitrogens is 1. The molecule has 2 aliphatic carbocycles. The molecule has 0 aliphatic heterocycles. The number of rotatable bonds is 3. The van der Waals surface area contributed by atoms with Gasteiger partial charge in [0, 0.05) is 12.2 Å². The molecule has 1 aromatic rings. The first kappa shape index (κ1) is 13.5. The Kier molecular flexibility index (Phi) is 3.46. The van der Waals surface area contributed by atoms with Crippen LogP contribution in [-0.4, -0.2) is 30.0 Å². The number of hydrogen-bond acceptors (Lipinski definition) is 3. The second-order valence-corrected chi connectivity index (χ2v) is 6.05. The molecule has 3 rings (SSSR count). The molecule has 20 heavy (non-hydrogen) atoms. The minimum atomic E-state index is -0.219. The van der Waals surface area contributed by atoms with Crippen LogP contribution in [0.4, 0.5) is 0 Å². The number of ether oxygens (including phenoxy) is 1. The number of H-pyrrole nitrogens is 1. The summed E-state index contributed by atoms with van der Waals surface area (Å²) in [5.41, 5.74) is 0.418. The molecule has 0 unspecified atom stereocenters. The molecule has 0 aromatic carbocycles. The number of esters is 1. The van der Waals surface area contributed by atoms with E-state index in [0.29, 0.717) is 22.6 Å². The molecule has 1 heterocycles. The van der Waals surface area contributed by atoms with E-state index in [1.807, 2.05) is 0 Å². The van der Waals surface area contributed by atoms with Gasteiger partial charge in [-0.1, -0.05) is 11.6 Å². The lowest BCUT2D eigenvalue weighted by Gasteiger charge is -2.29. The minimum Gasteiger partial charge on any atom is -0.469 e. The molecule has 5 nitrogen and oxygen atoms in total. The van der Waals surface area contributed by atoms with Crippen LogP contribution in [0.15, 0.2) is 12.3 Å². The lowest BCUT2D eigenvalue weighted by molar-refractivity contribution is -0.148. The molecule has 4 atom stereocenters. The molecule has 0 spiro atoms. The van der Waals surface area contributed by atoms with Gasteiger partial charge >= 0.3 is 5.97 Å². The van der Waals surface area contributed by atoms with Crippen LogP contribution in [0.1, 0.15) is 29.8 Å². The van der Waals surface area contributed by atoms with Gasteiger partial charge in [-0.3, -0.25) is 9.59 Å². The van der Waals surface area contributed by atoms with E-state index in [9.17, 15) is 9.59 Å². The molecule has 2 N–H and O–H groups in total. The van der Waals surface area contributed by atoms with Crippen molar-refractivity contribution in [1.29, 1.82) is 0 Å². The molecule has 2 saturated carbocycles. The maximum atomic E-state index is 12.2. The first-order chi connectivity index (χ1) is 9.60. The first-order valence-electron chi connectivity index (χ1n) is 6.82. The highest BCUT2D eigenvalue weighted by Crippen LogP contribution is 2.49. The third-order valence-corrected chi connectivity index (χ3v) is 4.80. The monoisotopic (exact) mass is 296 g/mol. The zero-order chi connectivity index (χ0) is 14.3. The summed E-state index contributed by atoms with van der Waals surface area (Å²) in [5.74, 6) is 0.0620. The fourth-order valence-electron chi connectivity index (χ4n) is 3.70. The standard InChI is InChI=1S/C14H17ClN2O3/c1-20-14(19)11-7-2-3-8(4-7)12(11)17-13(18)10-5-9(15)6-16-10/h5-8,11-12,16H,2-4H2,1H3,(H,17,18)/t7-,8-,11+,12+/m0/s1. The Hall–Kier alpha value is -1.49. The van der Waals surface area contributed by atoms with E-state index in [4.69, 9.17) is 16.3 Å². The van der Waals surface area contributed by atoms with E-state index >= 15 is 0 Å². The molecule has 2 aliphatic rings. The number of amides is 1. The van der Waals surface area contributed by atoms with Crippen molar-refractivity contribution in [2.75, 3.05) is 7.11 Å². The maximum Gasteiger partial charge on any atom is 0.311 e. The third-order valence-electron chi connectivity index (χ3n) is 4.58. The number of hydrogen-bond donors (Lipinski definition) is 2. The SMILES string of the molecule is COC(=O)[C@@H]1[C@H]2CC[C@@H](C2)[C@H]1NC(=O)c1cc(Cl)c[nH]1. The van der Waals surface area contributed by atoms with Gasteiger partial charge in [-0.2, -0.15) is 0 Å². The summed E-state index contributed by atoms with van der Waals surface area (Å²) in [6.07, 6.45) is 4.67. The van der Waals surface area contributed by atoms with Crippen LogP contribution in [-0.2, 0) is 9.53 Å². The predicted octanol–water partition coefficient (Wildman–Crippen LogP) is 1.99. The van der Waals surface area contributed by atoms with Gasteiger partial charge < -0.3 is 15.0 Å². The van der Waals surface area contributed by atoms with Crippen molar-refractivity contribution >= 4 is 23.5 Å². The van der Waals surface area contributed by atoms with Crippen molar-refractivity contribution in [2.24, 2.45) is 17.8 Å². The van der Waals surface area contributed by atoms with E-state index in [1.54, 1.807) is 12.3 Å². The maximum absolute atomic E-state index is 12.2. The summed E-state index contributed by atoms with van der Waals surface area (Å²) in [7, 11) is 1.40. The Balaban J connectivity index is 1.75. The summed E-state index contributed by atoms with van der Waals surface area (Å²) >= 11 is 5.80. The molecule has 108 valence electrons. The molecule has 1 amide bonds. The summed E-state index contributed by atoms with van der Waals surface area (Å²) in [6.45, 7) is 0. The number of carbonyl (C=O) groups excluding carboxylic acids is 2. The molecule has 1 aromatic heterocycles. The van der Waals surface area contributed by atoms with Gasteiger partial charge in [0.1, 0.15) is 5.69 Å². The summed E-state index contributed by atoms with van der Waals surface area (Å²) in [6, 6.07) is 1.45. The van der Waals surface area contributed by atoms with Gasteiger partial charge in [0.2, 0.25) is 0 Å². The normalized spacial score (nSPS) is 31.3. The molecule has 2 bridgehead atoms. The summed E-state index contributed by atoms with van der Waals surface area (Å²) in [5, 5.41) is 3.47. The van der Waals surface area contributed by atoms with Crippen LogP contribution in [0, 0.1) is 17.8 Å². The molecular formula is C14H17ClN2O3. The summed E-state index contributed by atoms with van der Waals surface area (Å²) in [4.78, 5) is 26.9. The van der Waals surface area contributed by atoms with Crippen molar-refractivity contribution < 1.29 is 14.3 Å². The van der Waals surface area contributed by atoms with Gasteiger partial charge in [-0.15, -0.1) is 0 Å². The van der Waals surface area contributed by atoms with Gasteiger partial charge in [0.05, 0.1) is 18.1 Å². The highest BCUT2D eigenvalue weighted by molar-refractivity contribution is 6.30. The number of methoxy groups -OCH3 is 1. The average Bonchev–Trinajstić information content (AvgIpc) is 3.13. The van der Waals surface area contributed by atoms with E-state index in [2.05, 4.69) is 10.3 Å². The number of nitrogens with one attached hydrogen (secondary N) is 2. The lowest BCUT2D eigenvalue weighted by Crippen LogP contribution is -2.47. The van der Waals surface area contributed by atoms with E-state index in [0.717, 1.165) is 19.3 Å². The van der Waals surface area contributed by atoms with Gasteiger partial charge in [-0.05, 0) is 37.2 Å². The summed E-state index contributed by atoms with van der Waals surface area (Å²) < 4.78 is 4.89. The van der Waals surface area contributed by atoms with Gasteiger partial charge in [-0.25, -0.2) is 0 Å². The number of aromatic amines is 1. The average molecular weight is 297 g/mol. The number of fused-ring (bicyclic) bond motifs is 2. The van der Waals surface area contributed by atoms with Crippen molar-refractivity contribution in [2.45, 2.75) is 25.3 Å². The van der Waals surface area contributed by atoms with Crippen molar-refractivity contribution in [1.82, 2.24) is 10.3 Å². The molecule has 2 fully saturated rings. The smallest absolute Gasteiger partial charge is 0.311 e. The van der Waals surface area contributed by atoms with Crippen LogP contribution in [0.5, 0.6) is 0 Å². The second kappa shape index (κ2) is 5.13. The van der Waals surface area contributed by atoms with Crippen molar-refractivity contribution in [3.05, 3.63) is 23.0 Å². The molecule has 0 saturated heterocycles.